The van der Waals surface area contributed by atoms with E-state index < -0.39 is 0 Å². The summed E-state index contributed by atoms with van der Waals surface area (Å²) in [5.74, 6) is 0.185. The Morgan fingerprint density at radius 3 is 2.94 bits per heavy atom. The van der Waals surface area contributed by atoms with Gasteiger partial charge in [-0.15, -0.1) is 16.7 Å². The first-order valence-corrected chi connectivity index (χ1v) is 5.66. The van der Waals surface area contributed by atoms with Crippen LogP contribution in [-0.2, 0) is 4.79 Å². The molecule has 6 heteroatoms. The molecule has 0 atom stereocenters. The van der Waals surface area contributed by atoms with Crippen LogP contribution >= 0.6 is 11.6 Å². The van der Waals surface area contributed by atoms with Crippen molar-refractivity contribution in [2.75, 3.05) is 11.2 Å². The van der Waals surface area contributed by atoms with Crippen molar-refractivity contribution in [1.29, 1.82) is 0 Å². The molecule has 0 saturated heterocycles. The van der Waals surface area contributed by atoms with Crippen LogP contribution in [0.2, 0.25) is 0 Å². The molecule has 0 radical (unpaired) electrons. The highest BCUT2D eigenvalue weighted by atomic mass is 35.5. The molecular weight excluding hydrogens is 240 g/mol. The van der Waals surface area contributed by atoms with E-state index in [1.165, 1.54) is 0 Å². The predicted molar refractivity (Wildman–Crippen MR) is 65.3 cm³/mol. The Bertz CT molecular complexity index is 498. The van der Waals surface area contributed by atoms with E-state index in [0.29, 0.717) is 11.6 Å². The van der Waals surface area contributed by atoms with Gasteiger partial charge in [0.25, 0.3) is 0 Å². The molecule has 88 valence electrons. The third kappa shape index (κ3) is 2.82. The predicted octanol–water partition coefficient (Wildman–Crippen LogP) is 1.83. The highest BCUT2D eigenvalue weighted by molar-refractivity contribution is 6.19. The number of anilines is 1. The molecule has 0 aliphatic rings. The van der Waals surface area contributed by atoms with Gasteiger partial charge in [0.15, 0.2) is 0 Å². The van der Waals surface area contributed by atoms with Crippen LogP contribution in [0.15, 0.2) is 36.7 Å². The number of aromatic nitrogens is 3. The highest BCUT2D eigenvalue weighted by Crippen LogP contribution is 2.18. The van der Waals surface area contributed by atoms with Crippen LogP contribution < -0.4 is 5.32 Å². The standard InChI is InChI=1S/C11H11ClN4O/c12-6-5-11(17)14-9-3-1-2-4-10(9)16-8-7-13-15-16/h1-4,7-8H,5-6H2,(H,14,17). The van der Waals surface area contributed by atoms with Crippen molar-refractivity contribution < 1.29 is 4.79 Å². The monoisotopic (exact) mass is 250 g/mol. The second-order valence-electron chi connectivity index (χ2n) is 3.35. The van der Waals surface area contributed by atoms with Crippen LogP contribution in [0.1, 0.15) is 6.42 Å². The summed E-state index contributed by atoms with van der Waals surface area (Å²) >= 11 is 5.51. The van der Waals surface area contributed by atoms with Gasteiger partial charge < -0.3 is 5.32 Å². The van der Waals surface area contributed by atoms with E-state index in [1.807, 2.05) is 24.3 Å². The second-order valence-corrected chi connectivity index (χ2v) is 3.73. The third-order valence-corrected chi connectivity index (χ3v) is 2.36. The van der Waals surface area contributed by atoms with Crippen LogP contribution in [0.3, 0.4) is 0 Å². The number of alkyl halides is 1. The van der Waals surface area contributed by atoms with Crippen LogP contribution in [-0.4, -0.2) is 26.8 Å². The van der Waals surface area contributed by atoms with E-state index in [0.717, 1.165) is 5.69 Å². The topological polar surface area (TPSA) is 59.8 Å². The molecule has 0 aliphatic heterocycles. The lowest BCUT2D eigenvalue weighted by Crippen LogP contribution is -2.13. The number of carbonyl (C=O) groups is 1. The van der Waals surface area contributed by atoms with Crippen molar-refractivity contribution in [2.24, 2.45) is 0 Å². The summed E-state index contributed by atoms with van der Waals surface area (Å²) in [5, 5.41) is 10.4. The molecule has 2 rings (SSSR count). The second kappa shape index (κ2) is 5.45. The van der Waals surface area contributed by atoms with E-state index in [2.05, 4.69) is 15.6 Å². The molecule has 2 aromatic rings. The molecular formula is C11H11ClN4O. The van der Waals surface area contributed by atoms with Crippen molar-refractivity contribution in [2.45, 2.75) is 6.42 Å². The maximum absolute atomic E-state index is 11.5. The molecule has 0 spiro atoms. The Hall–Kier alpha value is -1.88. The summed E-state index contributed by atoms with van der Waals surface area (Å²) in [4.78, 5) is 11.5. The summed E-state index contributed by atoms with van der Waals surface area (Å²) in [7, 11) is 0. The molecule has 1 N–H and O–H groups in total. The Morgan fingerprint density at radius 2 is 2.24 bits per heavy atom. The number of benzene rings is 1. The van der Waals surface area contributed by atoms with E-state index >= 15 is 0 Å². The van der Waals surface area contributed by atoms with Gasteiger partial charge in [-0.1, -0.05) is 17.3 Å². The van der Waals surface area contributed by atoms with Crippen molar-refractivity contribution in [1.82, 2.24) is 15.0 Å². The van der Waals surface area contributed by atoms with Gasteiger partial charge >= 0.3 is 0 Å². The lowest BCUT2D eigenvalue weighted by atomic mass is 10.2. The zero-order chi connectivity index (χ0) is 12.1. The fourth-order valence-electron chi connectivity index (χ4n) is 1.41. The largest absolute Gasteiger partial charge is 0.324 e. The minimum absolute atomic E-state index is 0.118. The molecule has 0 bridgehead atoms. The maximum atomic E-state index is 11.5. The van der Waals surface area contributed by atoms with Gasteiger partial charge in [-0.25, -0.2) is 4.68 Å². The number of amides is 1. The Morgan fingerprint density at radius 1 is 1.41 bits per heavy atom. The lowest BCUT2D eigenvalue weighted by Gasteiger charge is -2.09. The minimum atomic E-state index is -0.118. The van der Waals surface area contributed by atoms with Gasteiger partial charge in [0.1, 0.15) is 0 Å². The van der Waals surface area contributed by atoms with Crippen LogP contribution in [0.4, 0.5) is 5.69 Å². The average molecular weight is 251 g/mol. The van der Waals surface area contributed by atoms with Gasteiger partial charge in [-0.2, -0.15) is 0 Å². The molecule has 5 nitrogen and oxygen atoms in total. The van der Waals surface area contributed by atoms with Crippen LogP contribution in [0.5, 0.6) is 0 Å². The fourth-order valence-corrected chi connectivity index (χ4v) is 1.59. The number of hydrogen-bond acceptors (Lipinski definition) is 3. The fraction of sp³-hybridized carbons (Fsp3) is 0.182. The first-order chi connectivity index (χ1) is 8.31. The summed E-state index contributed by atoms with van der Waals surface area (Å²) in [6, 6.07) is 7.37. The zero-order valence-corrected chi connectivity index (χ0v) is 9.76. The number of halogens is 1. The Labute approximate surface area is 103 Å². The van der Waals surface area contributed by atoms with Gasteiger partial charge in [0.05, 0.1) is 23.8 Å². The number of nitrogens with one attached hydrogen (secondary N) is 1. The van der Waals surface area contributed by atoms with Crippen molar-refractivity contribution in [3.63, 3.8) is 0 Å². The average Bonchev–Trinajstić information content (AvgIpc) is 2.83. The summed E-state index contributed by atoms with van der Waals surface area (Å²) in [6.07, 6.45) is 3.58. The lowest BCUT2D eigenvalue weighted by molar-refractivity contribution is -0.115. The first-order valence-electron chi connectivity index (χ1n) is 5.13. The van der Waals surface area contributed by atoms with E-state index in [1.54, 1.807) is 17.1 Å². The number of para-hydroxylation sites is 2. The molecule has 1 aromatic carbocycles. The number of hydrogen-bond donors (Lipinski definition) is 1. The van der Waals surface area contributed by atoms with Crippen molar-refractivity contribution in [3.8, 4) is 5.69 Å². The normalized spacial score (nSPS) is 10.2. The molecule has 0 fully saturated rings. The molecule has 0 unspecified atom stereocenters. The van der Waals surface area contributed by atoms with E-state index in [4.69, 9.17) is 11.6 Å². The Balaban J connectivity index is 2.25. The first kappa shape index (κ1) is 11.6. The summed E-state index contributed by atoms with van der Waals surface area (Å²) in [6.45, 7) is 0. The molecule has 0 saturated carbocycles. The number of rotatable bonds is 4. The van der Waals surface area contributed by atoms with Gasteiger partial charge in [0, 0.05) is 12.3 Å². The van der Waals surface area contributed by atoms with Crippen molar-refractivity contribution >= 4 is 23.2 Å². The molecule has 17 heavy (non-hydrogen) atoms. The minimum Gasteiger partial charge on any atom is -0.324 e. The number of carbonyl (C=O) groups excluding carboxylic acids is 1. The van der Waals surface area contributed by atoms with E-state index in [9.17, 15) is 4.79 Å². The third-order valence-electron chi connectivity index (χ3n) is 2.17. The number of nitrogens with zero attached hydrogens (tertiary/aromatic N) is 3. The molecule has 1 amide bonds. The smallest absolute Gasteiger partial charge is 0.225 e. The molecule has 1 aromatic heterocycles. The highest BCUT2D eigenvalue weighted by Gasteiger charge is 2.07. The summed E-state index contributed by atoms with van der Waals surface area (Å²) in [5.41, 5.74) is 1.46. The van der Waals surface area contributed by atoms with Crippen molar-refractivity contribution in [3.05, 3.63) is 36.7 Å². The quantitative estimate of drug-likeness (QED) is 0.843. The van der Waals surface area contributed by atoms with Gasteiger partial charge in [-0.05, 0) is 12.1 Å². The van der Waals surface area contributed by atoms with Gasteiger partial charge in [0.2, 0.25) is 5.91 Å². The Kier molecular flexibility index (Phi) is 3.72. The maximum Gasteiger partial charge on any atom is 0.225 e. The molecule has 0 aliphatic carbocycles. The zero-order valence-electron chi connectivity index (χ0n) is 9.01. The van der Waals surface area contributed by atoms with Crippen LogP contribution in [0.25, 0.3) is 5.69 Å². The SMILES string of the molecule is O=C(CCCl)Nc1ccccc1-n1ccnn1. The van der Waals surface area contributed by atoms with Gasteiger partial charge in [-0.3, -0.25) is 4.79 Å². The molecule has 1 heterocycles. The van der Waals surface area contributed by atoms with Crippen LogP contribution in [0, 0.1) is 0 Å². The summed E-state index contributed by atoms with van der Waals surface area (Å²) < 4.78 is 1.59. The van der Waals surface area contributed by atoms with E-state index in [-0.39, 0.29) is 12.3 Å².